The van der Waals surface area contributed by atoms with Crippen LogP contribution in [0, 0.1) is 0 Å². The van der Waals surface area contributed by atoms with E-state index >= 15 is 0 Å². The molecular weight excluding hydrogens is 364 g/mol. The number of nitrogens with zero attached hydrogens (tertiary/aromatic N) is 3. The zero-order valence-electron chi connectivity index (χ0n) is 14.1. The number of rotatable bonds is 4. The Hall–Kier alpha value is -3.39. The van der Waals surface area contributed by atoms with Crippen LogP contribution in [0.25, 0.3) is 11.3 Å². The summed E-state index contributed by atoms with van der Waals surface area (Å²) in [6.45, 7) is 0. The second kappa shape index (κ2) is 7.08. The van der Waals surface area contributed by atoms with Gasteiger partial charge in [0.15, 0.2) is 5.13 Å². The first kappa shape index (κ1) is 17.0. The summed E-state index contributed by atoms with van der Waals surface area (Å²) >= 11 is 1.31. The molecule has 1 N–H and O–H groups in total. The average molecular weight is 378 g/mol. The maximum atomic E-state index is 12.5. The number of imide groups is 1. The quantitative estimate of drug-likeness (QED) is 0.704. The van der Waals surface area contributed by atoms with Gasteiger partial charge in [-0.25, -0.2) is 4.98 Å². The summed E-state index contributed by atoms with van der Waals surface area (Å²) in [5.41, 5.74) is 2.34. The Morgan fingerprint density at radius 1 is 1.11 bits per heavy atom. The van der Waals surface area contributed by atoms with Gasteiger partial charge in [-0.3, -0.25) is 29.6 Å². The van der Waals surface area contributed by atoms with Gasteiger partial charge < -0.3 is 0 Å². The molecule has 134 valence electrons. The number of carbonyl (C=O) groups is 3. The second-order valence-corrected chi connectivity index (χ2v) is 6.77. The highest BCUT2D eigenvalue weighted by molar-refractivity contribution is 7.14. The number of amides is 3. The van der Waals surface area contributed by atoms with Crippen molar-refractivity contribution in [3.63, 3.8) is 0 Å². The third-order valence-corrected chi connectivity index (χ3v) is 4.86. The van der Waals surface area contributed by atoms with Gasteiger partial charge in [-0.1, -0.05) is 6.07 Å². The first-order chi connectivity index (χ1) is 13.1. The molecule has 0 radical (unpaired) electrons. The highest BCUT2D eigenvalue weighted by atomic mass is 32.1. The molecule has 7 nitrogen and oxygen atoms in total. The lowest BCUT2D eigenvalue weighted by Crippen LogP contribution is -2.28. The number of hydrogen-bond acceptors (Lipinski definition) is 6. The maximum Gasteiger partial charge on any atom is 0.257 e. The van der Waals surface area contributed by atoms with E-state index in [0.717, 1.165) is 16.2 Å². The minimum atomic E-state index is -0.358. The Labute approximate surface area is 158 Å². The fraction of sp³-hybridized carbons (Fsp3) is 0.105. The normalized spacial score (nSPS) is 13.9. The zero-order valence-corrected chi connectivity index (χ0v) is 14.9. The summed E-state index contributed by atoms with van der Waals surface area (Å²) in [5, 5.41) is 5.04. The van der Waals surface area contributed by atoms with Crippen molar-refractivity contribution in [1.29, 1.82) is 0 Å². The fourth-order valence-corrected chi connectivity index (χ4v) is 3.51. The Balaban J connectivity index is 1.52. The van der Waals surface area contributed by atoms with Gasteiger partial charge in [0.25, 0.3) is 5.91 Å². The number of nitrogens with one attached hydrogen (secondary N) is 1. The Bertz CT molecular complexity index is 1020. The third kappa shape index (κ3) is 3.47. The van der Waals surface area contributed by atoms with Crippen molar-refractivity contribution in [3.8, 4) is 11.3 Å². The van der Waals surface area contributed by atoms with E-state index in [9.17, 15) is 14.4 Å². The zero-order chi connectivity index (χ0) is 18.8. The second-order valence-electron chi connectivity index (χ2n) is 5.91. The van der Waals surface area contributed by atoms with Crippen molar-refractivity contribution < 1.29 is 14.4 Å². The van der Waals surface area contributed by atoms with Crippen molar-refractivity contribution in [2.75, 3.05) is 10.2 Å². The molecule has 0 saturated carbocycles. The largest absolute Gasteiger partial charge is 0.298 e. The molecule has 3 amide bonds. The molecule has 0 unspecified atom stereocenters. The number of hydrogen-bond donors (Lipinski definition) is 1. The van der Waals surface area contributed by atoms with Crippen LogP contribution in [0.3, 0.4) is 0 Å². The van der Waals surface area contributed by atoms with Crippen LogP contribution in [0.5, 0.6) is 0 Å². The first-order valence-corrected chi connectivity index (χ1v) is 9.13. The SMILES string of the molecule is O=C(Nc1nc(-c2cccnc2)cs1)c1cccc(N2C(=O)CCC2=O)c1. The van der Waals surface area contributed by atoms with E-state index in [1.165, 1.54) is 17.4 Å². The minimum Gasteiger partial charge on any atom is -0.298 e. The van der Waals surface area contributed by atoms with Crippen LogP contribution < -0.4 is 10.2 Å². The van der Waals surface area contributed by atoms with Crippen LogP contribution >= 0.6 is 11.3 Å². The summed E-state index contributed by atoms with van der Waals surface area (Å²) < 4.78 is 0. The van der Waals surface area contributed by atoms with E-state index in [0.29, 0.717) is 16.4 Å². The van der Waals surface area contributed by atoms with Gasteiger partial charge in [-0.2, -0.15) is 0 Å². The third-order valence-electron chi connectivity index (χ3n) is 4.10. The lowest BCUT2D eigenvalue weighted by molar-refractivity contribution is -0.121. The van der Waals surface area contributed by atoms with Crippen molar-refractivity contribution in [3.05, 3.63) is 59.7 Å². The molecule has 2 aromatic heterocycles. The van der Waals surface area contributed by atoms with Crippen LogP contribution in [0.2, 0.25) is 0 Å². The van der Waals surface area contributed by atoms with E-state index in [4.69, 9.17) is 0 Å². The molecule has 0 atom stereocenters. The predicted octanol–water partition coefficient (Wildman–Crippen LogP) is 3.11. The Kier molecular flexibility index (Phi) is 4.47. The van der Waals surface area contributed by atoms with Gasteiger partial charge in [-0.05, 0) is 30.3 Å². The van der Waals surface area contributed by atoms with Crippen LogP contribution in [0.15, 0.2) is 54.2 Å². The standard InChI is InChI=1S/C19H14N4O3S/c24-16-6-7-17(25)23(16)14-5-1-3-12(9-14)18(26)22-19-21-15(11-27-19)13-4-2-8-20-10-13/h1-5,8-11H,6-7H2,(H,21,22,26). The molecule has 1 aromatic carbocycles. The van der Waals surface area contributed by atoms with Gasteiger partial charge in [0.05, 0.1) is 11.4 Å². The number of thiazole rings is 1. The molecule has 8 heteroatoms. The van der Waals surface area contributed by atoms with Gasteiger partial charge in [-0.15, -0.1) is 11.3 Å². The van der Waals surface area contributed by atoms with Crippen LogP contribution in [-0.2, 0) is 9.59 Å². The van der Waals surface area contributed by atoms with Crippen molar-refractivity contribution in [2.45, 2.75) is 12.8 Å². The fourth-order valence-electron chi connectivity index (χ4n) is 2.80. The monoisotopic (exact) mass is 378 g/mol. The van der Waals surface area contributed by atoms with E-state index in [1.54, 1.807) is 30.6 Å². The molecule has 1 aliphatic rings. The van der Waals surface area contributed by atoms with Gasteiger partial charge in [0, 0.05) is 41.7 Å². The highest BCUT2D eigenvalue weighted by Gasteiger charge is 2.30. The first-order valence-electron chi connectivity index (χ1n) is 8.25. The molecule has 3 heterocycles. The summed E-state index contributed by atoms with van der Waals surface area (Å²) in [7, 11) is 0. The number of anilines is 2. The molecule has 1 saturated heterocycles. The number of carbonyl (C=O) groups excluding carboxylic acids is 3. The smallest absolute Gasteiger partial charge is 0.257 e. The Morgan fingerprint density at radius 3 is 2.67 bits per heavy atom. The lowest BCUT2D eigenvalue weighted by atomic mass is 10.2. The van der Waals surface area contributed by atoms with E-state index < -0.39 is 0 Å². The molecular formula is C19H14N4O3S. The van der Waals surface area contributed by atoms with E-state index in [-0.39, 0.29) is 30.6 Å². The van der Waals surface area contributed by atoms with Crippen molar-refractivity contribution in [2.24, 2.45) is 0 Å². The summed E-state index contributed by atoms with van der Waals surface area (Å²) in [4.78, 5) is 45.9. The topological polar surface area (TPSA) is 92.3 Å². The molecule has 0 spiro atoms. The molecule has 27 heavy (non-hydrogen) atoms. The van der Waals surface area contributed by atoms with Crippen LogP contribution in [0.1, 0.15) is 23.2 Å². The number of pyridine rings is 1. The molecule has 1 fully saturated rings. The Morgan fingerprint density at radius 2 is 1.93 bits per heavy atom. The minimum absolute atomic E-state index is 0.200. The molecule has 4 rings (SSSR count). The number of benzene rings is 1. The molecule has 0 bridgehead atoms. The highest BCUT2D eigenvalue weighted by Crippen LogP contribution is 2.26. The molecule has 1 aliphatic heterocycles. The van der Waals surface area contributed by atoms with Crippen LogP contribution in [-0.4, -0.2) is 27.7 Å². The lowest BCUT2D eigenvalue weighted by Gasteiger charge is -2.14. The van der Waals surface area contributed by atoms with Crippen molar-refractivity contribution >= 4 is 39.9 Å². The van der Waals surface area contributed by atoms with Gasteiger partial charge in [0.1, 0.15) is 0 Å². The molecule has 0 aliphatic carbocycles. The summed E-state index contributed by atoms with van der Waals surface area (Å²) in [5.74, 6) is -0.861. The van der Waals surface area contributed by atoms with E-state index in [2.05, 4.69) is 15.3 Å². The summed E-state index contributed by atoms with van der Waals surface area (Å²) in [6, 6.07) is 10.2. The van der Waals surface area contributed by atoms with E-state index in [1.807, 2.05) is 17.5 Å². The number of aromatic nitrogens is 2. The van der Waals surface area contributed by atoms with Gasteiger partial charge in [0.2, 0.25) is 11.8 Å². The van der Waals surface area contributed by atoms with Gasteiger partial charge >= 0.3 is 0 Å². The average Bonchev–Trinajstić information content (AvgIpc) is 3.29. The van der Waals surface area contributed by atoms with Crippen molar-refractivity contribution in [1.82, 2.24) is 9.97 Å². The summed E-state index contributed by atoms with van der Waals surface area (Å²) in [6.07, 6.45) is 3.78. The molecule has 3 aromatic rings. The maximum absolute atomic E-state index is 12.5. The van der Waals surface area contributed by atoms with Crippen LogP contribution in [0.4, 0.5) is 10.8 Å². The predicted molar refractivity (Wildman–Crippen MR) is 101 cm³/mol.